The lowest BCUT2D eigenvalue weighted by atomic mass is 9.59. The summed E-state index contributed by atoms with van der Waals surface area (Å²) in [5.41, 5.74) is 4.22. The Kier molecular flexibility index (Phi) is 19.7. The van der Waals surface area contributed by atoms with Crippen LogP contribution in [0.15, 0.2) is 96.2 Å². The molecule has 0 unspecified atom stereocenters. The molecule has 3 N–H and O–H groups in total. The topological polar surface area (TPSA) is 241 Å². The average Bonchev–Trinajstić information content (AvgIpc) is 0.929. The molecule has 3 aromatic carbocycles. The van der Waals surface area contributed by atoms with E-state index in [1.54, 1.807) is 13.2 Å². The van der Waals surface area contributed by atoms with Gasteiger partial charge < -0.3 is 58.1 Å². The van der Waals surface area contributed by atoms with Gasteiger partial charge in [0.1, 0.15) is 35.6 Å². The lowest BCUT2D eigenvalue weighted by molar-refractivity contribution is -0.384. The average molecular weight is 1350 g/mol. The van der Waals surface area contributed by atoms with Gasteiger partial charge in [-0.3, -0.25) is 24.7 Å². The number of hydrogen-bond acceptors (Lipinski definition) is 20. The molecule has 2 aliphatic carbocycles. The number of carbonyl (C=O) groups is 1. The number of piperidine rings is 1. The van der Waals surface area contributed by atoms with Crippen LogP contribution in [0.1, 0.15) is 106 Å². The van der Waals surface area contributed by atoms with E-state index in [-0.39, 0.29) is 47.4 Å². The number of benzene rings is 3. The molecule has 516 valence electrons. The van der Waals surface area contributed by atoms with Crippen LogP contribution in [0.3, 0.4) is 0 Å². The van der Waals surface area contributed by atoms with Gasteiger partial charge in [0, 0.05) is 121 Å². The van der Waals surface area contributed by atoms with E-state index < -0.39 is 51.2 Å². The number of nitro benzene ring substituents is 1. The maximum Gasteiger partial charge on any atom is 0.293 e. The summed E-state index contributed by atoms with van der Waals surface area (Å²) in [5.74, 6) is 2.19. The van der Waals surface area contributed by atoms with Gasteiger partial charge in [0.15, 0.2) is 11.6 Å². The first-order valence-electron chi connectivity index (χ1n) is 34.5. The lowest BCUT2D eigenvalue weighted by Gasteiger charge is -2.58. The summed E-state index contributed by atoms with van der Waals surface area (Å²) in [5, 5.41) is 27.1. The Morgan fingerprint density at radius 3 is 2.42 bits per heavy atom. The molecule has 6 fully saturated rings. The fourth-order valence-corrected chi connectivity index (χ4v) is 17.2. The summed E-state index contributed by atoms with van der Waals surface area (Å²) in [6.07, 6.45) is 10.9. The van der Waals surface area contributed by atoms with Gasteiger partial charge in [-0.25, -0.2) is 18.1 Å². The molecule has 7 aliphatic rings. The van der Waals surface area contributed by atoms with Crippen molar-refractivity contribution in [3.05, 3.63) is 118 Å². The van der Waals surface area contributed by atoms with Crippen molar-refractivity contribution < 1.29 is 51.7 Å². The molecule has 23 nitrogen and oxygen atoms in total. The largest absolute Gasteiger partial charge is 0.493 e. The van der Waals surface area contributed by atoms with E-state index in [4.69, 9.17) is 38.4 Å². The normalized spacial score (nSPS) is 23.5. The van der Waals surface area contributed by atoms with Gasteiger partial charge in [-0.15, -0.1) is 0 Å². The fraction of sp³-hybridized carbons (Fsp3) is 0.563. The van der Waals surface area contributed by atoms with Crippen molar-refractivity contribution in [3.63, 3.8) is 0 Å². The minimum absolute atomic E-state index is 0.0178. The van der Waals surface area contributed by atoms with E-state index in [0.717, 1.165) is 137 Å². The summed E-state index contributed by atoms with van der Waals surface area (Å²) < 4.78 is 70.4. The minimum Gasteiger partial charge on any atom is -0.493 e. The van der Waals surface area contributed by atoms with Crippen LogP contribution in [0.25, 0.3) is 11.0 Å². The van der Waals surface area contributed by atoms with Gasteiger partial charge in [0.25, 0.3) is 21.6 Å². The second-order valence-electron chi connectivity index (χ2n) is 29.4. The molecule has 0 bridgehead atoms. The minimum atomic E-state index is -4.69. The molecule has 3 atom stereocenters. The molecule has 6 aromatic rings. The molecule has 3 aromatic heterocycles. The van der Waals surface area contributed by atoms with Crippen LogP contribution >= 0.6 is 0 Å². The highest BCUT2D eigenvalue weighted by Crippen LogP contribution is 2.54. The third kappa shape index (κ3) is 14.8. The quantitative estimate of drug-likeness (QED) is 0.0248. The van der Waals surface area contributed by atoms with E-state index in [9.17, 15) is 23.6 Å². The Morgan fingerprint density at radius 1 is 0.885 bits per heavy atom. The van der Waals surface area contributed by atoms with Gasteiger partial charge in [-0.1, -0.05) is 37.8 Å². The van der Waals surface area contributed by atoms with Crippen molar-refractivity contribution in [2.75, 3.05) is 113 Å². The smallest absolute Gasteiger partial charge is 0.293 e. The number of ether oxygens (including phenoxy) is 6. The zero-order chi connectivity index (χ0) is 67.1. The summed E-state index contributed by atoms with van der Waals surface area (Å²) >= 11 is 0. The predicted octanol–water partition coefficient (Wildman–Crippen LogP) is 10.8. The number of morpholine rings is 1. The standard InChI is InChI=1S/C71H95N11O12SSi/c1-48(2)93-63-11-9-8-10-55(63)62-45-76(44-50-36-64(89-4)67(73-43-50)78-29-32-90-33-30-78)27-28-80(62)53-40-71(41-53)22-25-77(26-23-71)52-12-14-56(68(83)75-95(87,88)54-13-15-57(60(39-54)82(85)86)72-42-49-16-20-70(3,84)21-17-49)59(38-52)81-58-19-31-91-46-65(58)94-69-61(81)37-51-18-24-79(66(51)74-69)47-92-34-35-96(5,6)7/h8-15,18,24,36-39,43,48-49,53,58,62,65,72,84H,16-17,19-23,25-35,40-42,44-47H2,1-7H3,(H,75,83)/t49?,58-,62+,65-,70?/m0/s1. The highest BCUT2D eigenvalue weighted by atomic mass is 32.2. The maximum absolute atomic E-state index is 15.1. The highest BCUT2D eigenvalue weighted by molar-refractivity contribution is 7.90. The number of aliphatic hydroxyl groups is 1. The second-order valence-corrected chi connectivity index (χ2v) is 36.7. The van der Waals surface area contributed by atoms with Crippen LogP contribution in [-0.4, -0.2) is 179 Å². The summed E-state index contributed by atoms with van der Waals surface area (Å²) in [6, 6.07) is 25.2. The van der Waals surface area contributed by atoms with Crippen LogP contribution < -0.4 is 38.9 Å². The van der Waals surface area contributed by atoms with Crippen molar-refractivity contribution >= 4 is 69.3 Å². The molecule has 8 heterocycles. The van der Waals surface area contributed by atoms with E-state index in [0.29, 0.717) is 87.9 Å². The number of fused-ring (bicyclic) bond motifs is 3. The van der Waals surface area contributed by atoms with Crippen LogP contribution in [0.5, 0.6) is 17.4 Å². The number of rotatable bonds is 22. The van der Waals surface area contributed by atoms with Crippen LogP contribution in [0.2, 0.25) is 25.7 Å². The predicted molar refractivity (Wildman–Crippen MR) is 373 cm³/mol. The third-order valence-corrected chi connectivity index (χ3v) is 24.0. The van der Waals surface area contributed by atoms with Crippen LogP contribution in [-0.2, 0) is 37.5 Å². The number of pyridine rings is 2. The number of nitro groups is 1. The third-order valence-electron chi connectivity index (χ3n) is 21.0. The molecule has 2 saturated carbocycles. The number of amides is 1. The number of methoxy groups -OCH3 is 1. The number of sulfonamides is 1. The maximum atomic E-state index is 15.1. The Bertz CT molecular complexity index is 3890. The molecule has 5 aliphatic heterocycles. The zero-order valence-corrected chi connectivity index (χ0v) is 58.5. The molecular formula is C71H95N11O12SSi. The Labute approximate surface area is 564 Å². The fourth-order valence-electron chi connectivity index (χ4n) is 15.4. The van der Waals surface area contributed by atoms with Gasteiger partial charge in [0.2, 0.25) is 5.88 Å². The van der Waals surface area contributed by atoms with Gasteiger partial charge in [0.05, 0.1) is 71.8 Å². The van der Waals surface area contributed by atoms with Crippen molar-refractivity contribution in [1.82, 2.24) is 29.1 Å². The lowest BCUT2D eigenvalue weighted by Crippen LogP contribution is -2.59. The molecule has 1 amide bonds. The first-order valence-corrected chi connectivity index (χ1v) is 39.7. The van der Waals surface area contributed by atoms with E-state index in [2.05, 4.69) is 98.4 Å². The van der Waals surface area contributed by atoms with Crippen molar-refractivity contribution in [2.24, 2.45) is 11.3 Å². The Balaban J connectivity index is 0.764. The van der Waals surface area contributed by atoms with Gasteiger partial charge in [-0.2, -0.15) is 4.98 Å². The molecule has 13 rings (SSSR count). The number of nitrogens with zero attached hydrogens (tertiary/aromatic N) is 9. The molecule has 25 heteroatoms. The van der Waals surface area contributed by atoms with Crippen LogP contribution in [0.4, 0.5) is 34.3 Å². The molecule has 1 spiro atoms. The SMILES string of the molecule is COc1cc(CN2CCN(C3CC4(CCN(c5ccc(C(=O)NS(=O)(=O)c6ccc(NCC7CCC(C)(O)CC7)c([N+](=O)[O-])c6)c(N6c7cc8ccn(COCC[Si](C)(C)C)c8nc7O[C@H]7COCC[C@@H]76)c5)CC4)C3)[C@@H](c3ccccc3OC(C)C)C2)cnc1N1CCOCC1. The molecule has 0 radical (unpaired) electrons. The molecular weight excluding hydrogens is 1260 g/mol. The van der Waals surface area contributed by atoms with E-state index in [1.807, 2.05) is 48.1 Å². The number of piperazine rings is 1. The number of aromatic nitrogens is 3. The summed E-state index contributed by atoms with van der Waals surface area (Å²) in [4.78, 5) is 48.8. The van der Waals surface area contributed by atoms with E-state index in [1.165, 1.54) is 17.7 Å². The van der Waals surface area contributed by atoms with Crippen molar-refractivity contribution in [3.8, 4) is 17.4 Å². The zero-order valence-electron chi connectivity index (χ0n) is 56.7. The summed E-state index contributed by atoms with van der Waals surface area (Å²) in [6.45, 7) is 22.9. The van der Waals surface area contributed by atoms with Gasteiger partial charge >= 0.3 is 0 Å². The van der Waals surface area contributed by atoms with Crippen molar-refractivity contribution in [1.29, 1.82) is 0 Å². The number of carbonyl (C=O) groups excluding carboxylic acids is 1. The monoisotopic (exact) mass is 1350 g/mol. The number of para-hydroxylation sites is 1. The highest BCUT2D eigenvalue weighted by Gasteiger charge is 2.51. The first-order chi connectivity index (χ1) is 46.1. The summed E-state index contributed by atoms with van der Waals surface area (Å²) in [7, 11) is -4.30. The molecule has 4 saturated heterocycles. The second kappa shape index (κ2) is 28.0. The van der Waals surface area contributed by atoms with E-state index >= 15 is 4.79 Å². The Hall–Kier alpha value is -7.10. The number of anilines is 5. The van der Waals surface area contributed by atoms with Crippen molar-refractivity contribution in [2.45, 2.75) is 158 Å². The Morgan fingerprint density at radius 2 is 1.67 bits per heavy atom. The number of nitrogens with one attached hydrogen (secondary N) is 2. The van der Waals surface area contributed by atoms with Crippen LogP contribution in [0, 0.1) is 21.4 Å². The first kappa shape index (κ1) is 67.5. The van der Waals surface area contributed by atoms with Gasteiger partial charge in [-0.05, 0) is 156 Å². The molecule has 96 heavy (non-hydrogen) atoms. The number of hydrogen-bond donors (Lipinski definition) is 3.